The van der Waals surface area contributed by atoms with E-state index in [0.29, 0.717) is 25.3 Å². The third-order valence-electron chi connectivity index (χ3n) is 3.51. The van der Waals surface area contributed by atoms with Gasteiger partial charge in [-0.25, -0.2) is 0 Å². The Bertz CT molecular complexity index is 431. The van der Waals surface area contributed by atoms with Gasteiger partial charge >= 0.3 is 0 Å². The van der Waals surface area contributed by atoms with Crippen molar-refractivity contribution in [2.75, 3.05) is 19.6 Å². The highest BCUT2D eigenvalue weighted by molar-refractivity contribution is 5.76. The molecule has 1 amide bonds. The molecule has 0 aliphatic carbocycles. The van der Waals surface area contributed by atoms with Crippen LogP contribution in [0, 0.1) is 13.8 Å². The molecule has 0 aliphatic heterocycles. The number of carbonyl (C=O) groups is 1. The average Bonchev–Trinajstić information content (AvgIpc) is 2.42. The van der Waals surface area contributed by atoms with Crippen LogP contribution < -0.4 is 5.32 Å². The summed E-state index contributed by atoms with van der Waals surface area (Å²) in [6.45, 7) is 10.7. The van der Waals surface area contributed by atoms with Crippen molar-refractivity contribution < 1.29 is 9.90 Å². The molecule has 0 fully saturated rings. The number of amides is 1. The summed E-state index contributed by atoms with van der Waals surface area (Å²) in [5, 5.41) is 13.0. The highest BCUT2D eigenvalue weighted by Crippen LogP contribution is 2.22. The SMILES string of the molecule is CCN(CC)C(=O)CCNCc1cc(C)c(O)c(C)c1. The largest absolute Gasteiger partial charge is 0.507 e. The van der Waals surface area contributed by atoms with Crippen LogP contribution in [0.25, 0.3) is 0 Å². The second-order valence-electron chi connectivity index (χ2n) is 5.07. The van der Waals surface area contributed by atoms with Crippen molar-refractivity contribution >= 4 is 5.91 Å². The second kappa shape index (κ2) is 7.90. The molecular weight excluding hydrogens is 252 g/mol. The van der Waals surface area contributed by atoms with Gasteiger partial charge in [-0.05, 0) is 44.4 Å². The quantitative estimate of drug-likeness (QED) is 0.753. The normalized spacial score (nSPS) is 10.6. The maximum atomic E-state index is 11.8. The van der Waals surface area contributed by atoms with Gasteiger partial charge in [0.1, 0.15) is 5.75 Å². The lowest BCUT2D eigenvalue weighted by atomic mass is 10.1. The molecule has 0 saturated carbocycles. The predicted octanol–water partition coefficient (Wildman–Crippen LogP) is 2.36. The van der Waals surface area contributed by atoms with Gasteiger partial charge in [0, 0.05) is 32.6 Å². The molecule has 1 aromatic rings. The number of nitrogens with zero attached hydrogens (tertiary/aromatic N) is 1. The molecule has 0 unspecified atom stereocenters. The maximum absolute atomic E-state index is 11.8. The number of benzene rings is 1. The highest BCUT2D eigenvalue weighted by Gasteiger charge is 2.08. The van der Waals surface area contributed by atoms with E-state index >= 15 is 0 Å². The summed E-state index contributed by atoms with van der Waals surface area (Å²) >= 11 is 0. The minimum Gasteiger partial charge on any atom is -0.507 e. The van der Waals surface area contributed by atoms with Crippen LogP contribution in [0.3, 0.4) is 0 Å². The standard InChI is InChI=1S/C16H26N2O2/c1-5-18(6-2)15(19)7-8-17-11-14-9-12(3)16(20)13(4)10-14/h9-10,17,20H,5-8,11H2,1-4H3. The van der Waals surface area contributed by atoms with E-state index in [1.54, 1.807) is 0 Å². The fourth-order valence-corrected chi connectivity index (χ4v) is 2.31. The maximum Gasteiger partial charge on any atom is 0.223 e. The number of phenols is 1. The van der Waals surface area contributed by atoms with Gasteiger partial charge in [0.25, 0.3) is 0 Å². The van der Waals surface area contributed by atoms with Crippen molar-refractivity contribution in [3.63, 3.8) is 0 Å². The van der Waals surface area contributed by atoms with Gasteiger partial charge in [-0.15, -0.1) is 0 Å². The van der Waals surface area contributed by atoms with E-state index < -0.39 is 0 Å². The molecule has 0 aliphatic rings. The fourth-order valence-electron chi connectivity index (χ4n) is 2.31. The highest BCUT2D eigenvalue weighted by atomic mass is 16.3. The lowest BCUT2D eigenvalue weighted by Gasteiger charge is -2.18. The van der Waals surface area contributed by atoms with Crippen molar-refractivity contribution in [1.82, 2.24) is 10.2 Å². The molecule has 20 heavy (non-hydrogen) atoms. The van der Waals surface area contributed by atoms with E-state index in [1.165, 1.54) is 0 Å². The number of hydrogen-bond donors (Lipinski definition) is 2. The van der Waals surface area contributed by atoms with Crippen LogP contribution in [0.5, 0.6) is 5.75 Å². The smallest absolute Gasteiger partial charge is 0.223 e. The predicted molar refractivity (Wildman–Crippen MR) is 81.8 cm³/mol. The molecule has 4 heteroatoms. The molecule has 0 spiro atoms. The van der Waals surface area contributed by atoms with Crippen LogP contribution in [-0.2, 0) is 11.3 Å². The Kier molecular flexibility index (Phi) is 6.52. The van der Waals surface area contributed by atoms with Crippen LogP contribution in [0.4, 0.5) is 0 Å². The zero-order valence-corrected chi connectivity index (χ0v) is 13.0. The first kappa shape index (κ1) is 16.5. The summed E-state index contributed by atoms with van der Waals surface area (Å²) in [6, 6.07) is 3.95. The number of aryl methyl sites for hydroxylation is 2. The summed E-state index contributed by atoms with van der Waals surface area (Å²) in [4.78, 5) is 13.7. The van der Waals surface area contributed by atoms with Crippen LogP contribution in [-0.4, -0.2) is 35.5 Å². The number of hydrogen-bond acceptors (Lipinski definition) is 3. The van der Waals surface area contributed by atoms with Crippen molar-refractivity contribution in [3.8, 4) is 5.75 Å². The third-order valence-corrected chi connectivity index (χ3v) is 3.51. The monoisotopic (exact) mass is 278 g/mol. The number of nitrogens with one attached hydrogen (secondary N) is 1. The number of aromatic hydroxyl groups is 1. The molecule has 0 aromatic heterocycles. The van der Waals surface area contributed by atoms with Gasteiger partial charge in [-0.1, -0.05) is 12.1 Å². The van der Waals surface area contributed by atoms with Gasteiger partial charge in [0.2, 0.25) is 5.91 Å². The first-order chi connectivity index (χ1) is 9.49. The average molecular weight is 278 g/mol. The Morgan fingerprint density at radius 2 is 1.75 bits per heavy atom. The first-order valence-corrected chi connectivity index (χ1v) is 7.27. The van der Waals surface area contributed by atoms with Crippen LogP contribution in [0.15, 0.2) is 12.1 Å². The molecule has 2 N–H and O–H groups in total. The molecule has 1 rings (SSSR count). The Morgan fingerprint density at radius 1 is 1.20 bits per heavy atom. The molecule has 0 radical (unpaired) electrons. The van der Waals surface area contributed by atoms with E-state index in [0.717, 1.165) is 29.8 Å². The summed E-state index contributed by atoms with van der Waals surface area (Å²) < 4.78 is 0. The zero-order valence-electron chi connectivity index (χ0n) is 13.0. The topological polar surface area (TPSA) is 52.6 Å². The van der Waals surface area contributed by atoms with E-state index in [-0.39, 0.29) is 5.91 Å². The fraction of sp³-hybridized carbons (Fsp3) is 0.562. The molecule has 112 valence electrons. The van der Waals surface area contributed by atoms with Crippen molar-refractivity contribution in [2.24, 2.45) is 0 Å². The zero-order chi connectivity index (χ0) is 15.1. The van der Waals surface area contributed by atoms with Gasteiger partial charge in [-0.3, -0.25) is 4.79 Å². The Balaban J connectivity index is 2.40. The summed E-state index contributed by atoms with van der Waals surface area (Å²) in [5.41, 5.74) is 2.91. The van der Waals surface area contributed by atoms with Crippen molar-refractivity contribution in [3.05, 3.63) is 28.8 Å². The molecule has 1 aromatic carbocycles. The van der Waals surface area contributed by atoms with Gasteiger partial charge in [0.15, 0.2) is 0 Å². The van der Waals surface area contributed by atoms with Crippen molar-refractivity contribution in [2.45, 2.75) is 40.7 Å². The number of phenolic OH excluding ortho intramolecular Hbond substituents is 1. The lowest BCUT2D eigenvalue weighted by molar-refractivity contribution is -0.130. The van der Waals surface area contributed by atoms with E-state index in [1.807, 2.05) is 44.7 Å². The van der Waals surface area contributed by atoms with E-state index in [2.05, 4.69) is 5.32 Å². The molecule has 0 heterocycles. The molecule has 0 atom stereocenters. The first-order valence-electron chi connectivity index (χ1n) is 7.27. The Labute approximate surface area is 121 Å². The minimum atomic E-state index is 0.195. The van der Waals surface area contributed by atoms with Crippen LogP contribution in [0.2, 0.25) is 0 Å². The summed E-state index contributed by atoms with van der Waals surface area (Å²) in [5.74, 6) is 0.561. The van der Waals surface area contributed by atoms with Gasteiger partial charge < -0.3 is 15.3 Å². The van der Waals surface area contributed by atoms with Crippen LogP contribution in [0.1, 0.15) is 37.0 Å². The van der Waals surface area contributed by atoms with Crippen molar-refractivity contribution in [1.29, 1.82) is 0 Å². The van der Waals surface area contributed by atoms with Gasteiger partial charge in [-0.2, -0.15) is 0 Å². The Morgan fingerprint density at radius 3 is 2.25 bits per heavy atom. The summed E-state index contributed by atoms with van der Waals surface area (Å²) in [6.07, 6.45) is 0.526. The third kappa shape index (κ3) is 4.53. The molecular formula is C16H26N2O2. The molecule has 0 bridgehead atoms. The van der Waals surface area contributed by atoms with E-state index in [9.17, 15) is 9.90 Å². The number of rotatable bonds is 7. The van der Waals surface area contributed by atoms with Crippen LogP contribution >= 0.6 is 0 Å². The van der Waals surface area contributed by atoms with Gasteiger partial charge in [0.05, 0.1) is 0 Å². The second-order valence-corrected chi connectivity index (χ2v) is 5.07. The minimum absolute atomic E-state index is 0.195. The van der Waals surface area contributed by atoms with E-state index in [4.69, 9.17) is 0 Å². The summed E-state index contributed by atoms with van der Waals surface area (Å²) in [7, 11) is 0. The lowest BCUT2D eigenvalue weighted by Crippen LogP contribution is -2.32. The molecule has 4 nitrogen and oxygen atoms in total. The Hall–Kier alpha value is -1.55. The molecule has 0 saturated heterocycles. The number of carbonyl (C=O) groups excluding carboxylic acids is 1.